The summed E-state index contributed by atoms with van der Waals surface area (Å²) in [4.78, 5) is 26.3. The fourth-order valence-corrected chi connectivity index (χ4v) is 2.60. The van der Waals surface area contributed by atoms with Gasteiger partial charge >= 0.3 is 0 Å². The number of carbonyl (C=O) groups excluding carboxylic acids is 2. The van der Waals surface area contributed by atoms with Crippen LogP contribution >= 0.6 is 11.6 Å². The van der Waals surface area contributed by atoms with Crippen LogP contribution in [0.2, 0.25) is 5.02 Å². The number of fused-ring (bicyclic) bond motifs is 1. The standard InChI is InChI=1S/C17H15ClN2O3/c1-19-16(21)15-10-20(13-4-2-3-5-14(13)23-15)17(22)11-6-8-12(18)9-7-11/h2-9,15H,10H2,1H3,(H,19,21)/t15-/m0/s1. The summed E-state index contributed by atoms with van der Waals surface area (Å²) >= 11 is 5.87. The maximum absolute atomic E-state index is 12.8. The van der Waals surface area contributed by atoms with Crippen LogP contribution in [-0.2, 0) is 4.79 Å². The molecule has 1 atom stereocenters. The maximum atomic E-state index is 12.8. The lowest BCUT2D eigenvalue weighted by atomic mass is 10.1. The number of ether oxygens (including phenoxy) is 1. The van der Waals surface area contributed by atoms with Crippen molar-refractivity contribution in [1.29, 1.82) is 0 Å². The topological polar surface area (TPSA) is 58.6 Å². The van der Waals surface area contributed by atoms with E-state index in [1.807, 2.05) is 6.07 Å². The van der Waals surface area contributed by atoms with Gasteiger partial charge in [-0.2, -0.15) is 0 Å². The minimum atomic E-state index is -0.744. The molecule has 2 aromatic rings. The van der Waals surface area contributed by atoms with Crippen LogP contribution in [0, 0.1) is 0 Å². The number of anilines is 1. The van der Waals surface area contributed by atoms with Crippen LogP contribution in [0.4, 0.5) is 5.69 Å². The van der Waals surface area contributed by atoms with E-state index in [-0.39, 0.29) is 18.4 Å². The highest BCUT2D eigenvalue weighted by molar-refractivity contribution is 6.30. The highest BCUT2D eigenvalue weighted by Gasteiger charge is 2.33. The Hall–Kier alpha value is -2.53. The molecule has 0 unspecified atom stereocenters. The molecule has 1 heterocycles. The minimum Gasteiger partial charge on any atom is -0.477 e. The van der Waals surface area contributed by atoms with Crippen LogP contribution in [-0.4, -0.2) is 31.5 Å². The molecule has 0 radical (unpaired) electrons. The largest absolute Gasteiger partial charge is 0.477 e. The summed E-state index contributed by atoms with van der Waals surface area (Å²) in [5, 5.41) is 3.12. The molecule has 118 valence electrons. The van der Waals surface area contributed by atoms with Crippen molar-refractivity contribution in [2.24, 2.45) is 0 Å². The Balaban J connectivity index is 1.97. The van der Waals surface area contributed by atoms with Crippen molar-refractivity contribution in [3.05, 3.63) is 59.1 Å². The molecular weight excluding hydrogens is 316 g/mol. The van der Waals surface area contributed by atoms with Crippen LogP contribution in [0.5, 0.6) is 5.75 Å². The van der Waals surface area contributed by atoms with E-state index < -0.39 is 6.10 Å². The summed E-state index contributed by atoms with van der Waals surface area (Å²) in [6, 6.07) is 13.8. The average molecular weight is 331 g/mol. The van der Waals surface area contributed by atoms with Gasteiger partial charge in [0.15, 0.2) is 6.10 Å². The number of carbonyl (C=O) groups is 2. The van der Waals surface area contributed by atoms with Crippen molar-refractivity contribution in [2.45, 2.75) is 6.10 Å². The predicted molar refractivity (Wildman–Crippen MR) is 88.1 cm³/mol. The molecule has 0 bridgehead atoms. The third-order valence-corrected chi connectivity index (χ3v) is 3.90. The molecule has 0 spiro atoms. The molecule has 5 nitrogen and oxygen atoms in total. The number of hydrogen-bond donors (Lipinski definition) is 1. The summed E-state index contributed by atoms with van der Waals surface area (Å²) in [5.74, 6) is 0.0365. The summed E-state index contributed by atoms with van der Waals surface area (Å²) in [5.41, 5.74) is 1.15. The number of para-hydroxylation sites is 2. The molecule has 0 saturated heterocycles. The summed E-state index contributed by atoms with van der Waals surface area (Å²) in [6.45, 7) is 0.151. The first-order valence-electron chi connectivity index (χ1n) is 7.15. The number of nitrogens with zero attached hydrogens (tertiary/aromatic N) is 1. The van der Waals surface area contributed by atoms with Gasteiger partial charge in [0.25, 0.3) is 11.8 Å². The zero-order valence-electron chi connectivity index (χ0n) is 12.5. The molecule has 1 N–H and O–H groups in total. The molecular formula is C17H15ClN2O3. The lowest BCUT2D eigenvalue weighted by Crippen LogP contribution is -2.50. The number of likely N-dealkylation sites (N-methyl/N-ethyl adjacent to an activating group) is 1. The van der Waals surface area contributed by atoms with Crippen molar-refractivity contribution >= 4 is 29.1 Å². The van der Waals surface area contributed by atoms with Gasteiger partial charge in [0.2, 0.25) is 0 Å². The van der Waals surface area contributed by atoms with Crippen molar-refractivity contribution in [3.8, 4) is 5.75 Å². The summed E-state index contributed by atoms with van der Waals surface area (Å²) in [6.07, 6.45) is -0.744. The first-order chi connectivity index (χ1) is 11.1. The van der Waals surface area contributed by atoms with Gasteiger partial charge in [0.1, 0.15) is 5.75 Å². The van der Waals surface area contributed by atoms with E-state index in [0.717, 1.165) is 0 Å². The van der Waals surface area contributed by atoms with Gasteiger partial charge in [-0.25, -0.2) is 0 Å². The van der Waals surface area contributed by atoms with E-state index in [4.69, 9.17) is 16.3 Å². The monoisotopic (exact) mass is 330 g/mol. The van der Waals surface area contributed by atoms with Gasteiger partial charge in [0, 0.05) is 17.6 Å². The third kappa shape index (κ3) is 3.00. The van der Waals surface area contributed by atoms with Gasteiger partial charge < -0.3 is 15.0 Å². The normalized spacial score (nSPS) is 16.3. The molecule has 23 heavy (non-hydrogen) atoms. The molecule has 0 saturated carbocycles. The molecule has 0 fully saturated rings. The van der Waals surface area contributed by atoms with Crippen molar-refractivity contribution in [3.63, 3.8) is 0 Å². The Bertz CT molecular complexity index is 746. The van der Waals surface area contributed by atoms with Crippen LogP contribution < -0.4 is 15.0 Å². The fraction of sp³-hybridized carbons (Fsp3) is 0.176. The van der Waals surface area contributed by atoms with Gasteiger partial charge in [-0.3, -0.25) is 9.59 Å². The molecule has 1 aliphatic rings. The number of rotatable bonds is 2. The van der Waals surface area contributed by atoms with Gasteiger partial charge in [-0.05, 0) is 36.4 Å². The molecule has 1 aliphatic heterocycles. The second kappa shape index (κ2) is 6.30. The van der Waals surface area contributed by atoms with Gasteiger partial charge in [-0.15, -0.1) is 0 Å². The van der Waals surface area contributed by atoms with Crippen molar-refractivity contribution < 1.29 is 14.3 Å². The van der Waals surface area contributed by atoms with E-state index in [2.05, 4.69) is 5.32 Å². The van der Waals surface area contributed by atoms with E-state index in [1.165, 1.54) is 7.05 Å². The Kier molecular flexibility index (Phi) is 4.21. The fourth-order valence-electron chi connectivity index (χ4n) is 2.47. The summed E-state index contributed by atoms with van der Waals surface area (Å²) < 4.78 is 5.69. The number of benzene rings is 2. The molecule has 3 rings (SSSR count). The Morgan fingerprint density at radius 2 is 1.87 bits per heavy atom. The Labute approximate surface area is 138 Å². The van der Waals surface area contributed by atoms with E-state index >= 15 is 0 Å². The van der Waals surface area contributed by atoms with Crippen LogP contribution in [0.3, 0.4) is 0 Å². The first-order valence-corrected chi connectivity index (χ1v) is 7.52. The average Bonchev–Trinajstić information content (AvgIpc) is 2.60. The van der Waals surface area contributed by atoms with Gasteiger partial charge in [0.05, 0.1) is 12.2 Å². The second-order valence-electron chi connectivity index (χ2n) is 5.11. The number of halogens is 1. The van der Waals surface area contributed by atoms with E-state index in [1.54, 1.807) is 47.4 Å². The van der Waals surface area contributed by atoms with Crippen LogP contribution in [0.15, 0.2) is 48.5 Å². The summed E-state index contributed by atoms with van der Waals surface area (Å²) in [7, 11) is 1.54. The Morgan fingerprint density at radius 3 is 2.57 bits per heavy atom. The zero-order valence-corrected chi connectivity index (χ0v) is 13.2. The zero-order chi connectivity index (χ0) is 16.4. The minimum absolute atomic E-state index is 0.151. The lowest BCUT2D eigenvalue weighted by Gasteiger charge is -2.34. The van der Waals surface area contributed by atoms with Crippen LogP contribution in [0.25, 0.3) is 0 Å². The molecule has 2 aromatic carbocycles. The quantitative estimate of drug-likeness (QED) is 0.920. The van der Waals surface area contributed by atoms with E-state index in [0.29, 0.717) is 22.0 Å². The molecule has 6 heteroatoms. The molecule has 0 aromatic heterocycles. The number of nitrogens with one attached hydrogen (secondary N) is 1. The number of amides is 2. The van der Waals surface area contributed by atoms with E-state index in [9.17, 15) is 9.59 Å². The third-order valence-electron chi connectivity index (χ3n) is 3.65. The second-order valence-corrected chi connectivity index (χ2v) is 5.55. The SMILES string of the molecule is CNC(=O)[C@@H]1CN(C(=O)c2ccc(Cl)cc2)c2ccccc2O1. The van der Waals surface area contributed by atoms with Gasteiger partial charge in [-0.1, -0.05) is 23.7 Å². The van der Waals surface area contributed by atoms with Crippen molar-refractivity contribution in [1.82, 2.24) is 5.32 Å². The predicted octanol–water partition coefficient (Wildman–Crippen LogP) is 2.49. The lowest BCUT2D eigenvalue weighted by molar-refractivity contribution is -0.127. The van der Waals surface area contributed by atoms with Crippen molar-refractivity contribution in [2.75, 3.05) is 18.5 Å². The Morgan fingerprint density at radius 1 is 1.17 bits per heavy atom. The smallest absolute Gasteiger partial charge is 0.262 e. The highest BCUT2D eigenvalue weighted by Crippen LogP contribution is 2.34. The number of hydrogen-bond acceptors (Lipinski definition) is 3. The first kappa shape index (κ1) is 15.4. The maximum Gasteiger partial charge on any atom is 0.262 e. The van der Waals surface area contributed by atoms with Crippen LogP contribution in [0.1, 0.15) is 10.4 Å². The molecule has 0 aliphatic carbocycles. The molecule has 2 amide bonds. The highest BCUT2D eigenvalue weighted by atomic mass is 35.5.